The van der Waals surface area contributed by atoms with Crippen LogP contribution < -0.4 is 10.6 Å². The molecule has 2 saturated heterocycles. The molecule has 7 heteroatoms. The molecular formula is C17H23N3O3S. The number of sulfonamides is 1. The highest BCUT2D eigenvalue weighted by Crippen LogP contribution is 2.41. The van der Waals surface area contributed by atoms with E-state index in [9.17, 15) is 13.2 Å². The molecule has 0 bridgehead atoms. The summed E-state index contributed by atoms with van der Waals surface area (Å²) in [5.74, 6) is -0.00880. The molecule has 0 aromatic heterocycles. The molecule has 0 atom stereocenters. The number of carbonyl (C=O) groups excluding carboxylic acids is 1. The van der Waals surface area contributed by atoms with Crippen LogP contribution >= 0.6 is 0 Å². The Morgan fingerprint density at radius 2 is 1.88 bits per heavy atom. The Labute approximate surface area is 142 Å². The highest BCUT2D eigenvalue weighted by molar-refractivity contribution is 7.89. The third-order valence-corrected chi connectivity index (χ3v) is 7.52. The van der Waals surface area contributed by atoms with Gasteiger partial charge in [-0.2, -0.15) is 4.31 Å². The molecule has 0 aliphatic carbocycles. The summed E-state index contributed by atoms with van der Waals surface area (Å²) in [4.78, 5) is 11.8. The first-order valence-corrected chi connectivity index (χ1v) is 10.1. The molecule has 6 nitrogen and oxygen atoms in total. The summed E-state index contributed by atoms with van der Waals surface area (Å²) < 4.78 is 27.7. The number of nitrogens with zero attached hydrogens (tertiary/aromatic N) is 1. The predicted molar refractivity (Wildman–Crippen MR) is 91.3 cm³/mol. The minimum absolute atomic E-state index is 0.00880. The number of piperidine rings is 1. The van der Waals surface area contributed by atoms with Crippen molar-refractivity contribution in [3.8, 4) is 0 Å². The minimum Gasteiger partial charge on any atom is -0.326 e. The average molecular weight is 349 g/mol. The standard InChI is InChI=1S/C17H23N3O3S/c21-16-4-1-13-11-14(2-3-15(13)19-16)24(22,23)20-10-7-17(12-20)5-8-18-9-6-17/h2-3,11,18H,1,4-10,12H2,(H,19,21). The van der Waals surface area contributed by atoms with Gasteiger partial charge in [-0.1, -0.05) is 0 Å². The molecular weight excluding hydrogens is 326 g/mol. The zero-order chi connectivity index (χ0) is 16.8. The molecule has 1 aromatic rings. The first-order valence-electron chi connectivity index (χ1n) is 8.62. The Morgan fingerprint density at radius 1 is 1.08 bits per heavy atom. The summed E-state index contributed by atoms with van der Waals surface area (Å²) in [7, 11) is -3.46. The number of nitrogens with one attached hydrogen (secondary N) is 2. The van der Waals surface area contributed by atoms with E-state index in [1.165, 1.54) is 0 Å². The molecule has 1 aromatic carbocycles. The minimum atomic E-state index is -3.46. The van der Waals surface area contributed by atoms with Gasteiger partial charge >= 0.3 is 0 Å². The van der Waals surface area contributed by atoms with Crippen LogP contribution in [0.4, 0.5) is 5.69 Å². The van der Waals surface area contributed by atoms with Crippen LogP contribution in [0.25, 0.3) is 0 Å². The molecule has 3 aliphatic rings. The van der Waals surface area contributed by atoms with E-state index in [1.807, 2.05) is 0 Å². The molecule has 0 radical (unpaired) electrons. The highest BCUT2D eigenvalue weighted by atomic mass is 32.2. The topological polar surface area (TPSA) is 78.5 Å². The van der Waals surface area contributed by atoms with Crippen LogP contribution in [-0.4, -0.2) is 44.8 Å². The van der Waals surface area contributed by atoms with Gasteiger partial charge in [0.05, 0.1) is 4.90 Å². The summed E-state index contributed by atoms with van der Waals surface area (Å²) in [6.45, 7) is 3.19. The number of fused-ring (bicyclic) bond motifs is 1. The third-order valence-electron chi connectivity index (χ3n) is 5.68. The van der Waals surface area contributed by atoms with Crippen molar-refractivity contribution < 1.29 is 13.2 Å². The van der Waals surface area contributed by atoms with Gasteiger partial charge in [-0.05, 0) is 68.0 Å². The van der Waals surface area contributed by atoms with Crippen LogP contribution in [0.2, 0.25) is 0 Å². The molecule has 2 N–H and O–H groups in total. The van der Waals surface area contributed by atoms with Crippen molar-refractivity contribution in [1.82, 2.24) is 9.62 Å². The summed E-state index contributed by atoms with van der Waals surface area (Å²) in [5, 5.41) is 6.16. The second-order valence-corrected chi connectivity index (χ2v) is 9.14. The Bertz CT molecular complexity index is 769. The van der Waals surface area contributed by atoms with Crippen molar-refractivity contribution in [1.29, 1.82) is 0 Å². The Balaban J connectivity index is 1.58. The van der Waals surface area contributed by atoms with Gasteiger partial charge in [0.15, 0.2) is 0 Å². The molecule has 24 heavy (non-hydrogen) atoms. The van der Waals surface area contributed by atoms with E-state index >= 15 is 0 Å². The van der Waals surface area contributed by atoms with Gasteiger partial charge < -0.3 is 10.6 Å². The fourth-order valence-corrected chi connectivity index (χ4v) is 5.74. The van der Waals surface area contributed by atoms with E-state index in [-0.39, 0.29) is 11.3 Å². The Morgan fingerprint density at radius 3 is 2.67 bits per heavy atom. The summed E-state index contributed by atoms with van der Waals surface area (Å²) >= 11 is 0. The maximum absolute atomic E-state index is 13.0. The number of hydrogen-bond donors (Lipinski definition) is 2. The lowest BCUT2D eigenvalue weighted by Crippen LogP contribution is -2.39. The number of amides is 1. The molecule has 130 valence electrons. The van der Waals surface area contributed by atoms with Gasteiger partial charge in [0, 0.05) is 25.2 Å². The maximum atomic E-state index is 13.0. The second kappa shape index (κ2) is 5.82. The maximum Gasteiger partial charge on any atom is 0.243 e. The van der Waals surface area contributed by atoms with Crippen molar-refractivity contribution in [2.45, 2.75) is 37.0 Å². The lowest BCUT2D eigenvalue weighted by atomic mass is 9.78. The van der Waals surface area contributed by atoms with Crippen molar-refractivity contribution in [2.75, 3.05) is 31.5 Å². The van der Waals surface area contributed by atoms with Crippen molar-refractivity contribution in [3.05, 3.63) is 23.8 Å². The molecule has 2 fully saturated rings. The molecule has 4 rings (SSSR count). The second-order valence-electron chi connectivity index (χ2n) is 7.21. The molecule has 3 heterocycles. The lowest BCUT2D eigenvalue weighted by Gasteiger charge is -2.33. The fraction of sp³-hybridized carbons (Fsp3) is 0.588. The monoisotopic (exact) mass is 349 g/mol. The van der Waals surface area contributed by atoms with Gasteiger partial charge in [-0.15, -0.1) is 0 Å². The Hall–Kier alpha value is -1.44. The number of anilines is 1. The van der Waals surface area contributed by atoms with Crippen LogP contribution in [0.3, 0.4) is 0 Å². The molecule has 3 aliphatic heterocycles. The predicted octanol–water partition coefficient (Wildman–Crippen LogP) is 1.34. The van der Waals surface area contributed by atoms with Gasteiger partial charge in [0.1, 0.15) is 0 Å². The quantitative estimate of drug-likeness (QED) is 0.844. The van der Waals surface area contributed by atoms with Crippen LogP contribution in [0.15, 0.2) is 23.1 Å². The SMILES string of the molecule is O=C1CCc2cc(S(=O)(=O)N3CCC4(CCNCC4)C3)ccc2N1. The van der Waals surface area contributed by atoms with E-state index < -0.39 is 10.0 Å². The summed E-state index contributed by atoms with van der Waals surface area (Å²) in [5.41, 5.74) is 1.80. The van der Waals surface area contributed by atoms with Crippen molar-refractivity contribution in [3.63, 3.8) is 0 Å². The average Bonchev–Trinajstić information content (AvgIpc) is 2.99. The summed E-state index contributed by atoms with van der Waals surface area (Å²) in [6, 6.07) is 5.07. The van der Waals surface area contributed by atoms with E-state index in [1.54, 1.807) is 22.5 Å². The normalized spacial score (nSPS) is 23.9. The van der Waals surface area contributed by atoms with Crippen LogP contribution in [0.1, 0.15) is 31.2 Å². The van der Waals surface area contributed by atoms with Gasteiger partial charge in [-0.3, -0.25) is 4.79 Å². The number of aryl methyl sites for hydroxylation is 1. The van der Waals surface area contributed by atoms with Crippen LogP contribution in [-0.2, 0) is 21.2 Å². The smallest absolute Gasteiger partial charge is 0.243 e. The molecule has 1 amide bonds. The van der Waals surface area contributed by atoms with E-state index in [4.69, 9.17) is 0 Å². The molecule has 1 spiro atoms. The number of hydrogen-bond acceptors (Lipinski definition) is 4. The van der Waals surface area contributed by atoms with E-state index in [0.717, 1.165) is 43.6 Å². The highest BCUT2D eigenvalue weighted by Gasteiger charge is 2.43. The fourth-order valence-electron chi connectivity index (χ4n) is 4.13. The van der Waals surface area contributed by atoms with Gasteiger partial charge in [0.25, 0.3) is 0 Å². The van der Waals surface area contributed by atoms with E-state index in [0.29, 0.717) is 30.8 Å². The van der Waals surface area contributed by atoms with E-state index in [2.05, 4.69) is 10.6 Å². The molecule has 0 unspecified atom stereocenters. The lowest BCUT2D eigenvalue weighted by molar-refractivity contribution is -0.116. The van der Waals surface area contributed by atoms with Crippen molar-refractivity contribution in [2.24, 2.45) is 5.41 Å². The van der Waals surface area contributed by atoms with Gasteiger partial charge in [0.2, 0.25) is 15.9 Å². The zero-order valence-corrected chi connectivity index (χ0v) is 14.5. The summed E-state index contributed by atoms with van der Waals surface area (Å²) in [6.07, 6.45) is 4.07. The van der Waals surface area contributed by atoms with Gasteiger partial charge in [-0.25, -0.2) is 8.42 Å². The van der Waals surface area contributed by atoms with Crippen LogP contribution in [0.5, 0.6) is 0 Å². The van der Waals surface area contributed by atoms with Crippen LogP contribution in [0, 0.1) is 5.41 Å². The largest absolute Gasteiger partial charge is 0.326 e. The number of carbonyl (C=O) groups is 1. The first-order chi connectivity index (χ1) is 11.5. The number of rotatable bonds is 2. The third kappa shape index (κ3) is 2.74. The zero-order valence-electron chi connectivity index (χ0n) is 13.7. The van der Waals surface area contributed by atoms with Crippen molar-refractivity contribution >= 4 is 21.6 Å². The number of benzene rings is 1. The molecule has 0 saturated carbocycles. The first kappa shape index (κ1) is 16.1. The Kier molecular flexibility index (Phi) is 3.89.